The molecule has 0 spiro atoms. The van der Waals surface area contributed by atoms with Gasteiger partial charge in [0.05, 0.1) is 12.6 Å². The molecule has 0 radical (unpaired) electrons. The summed E-state index contributed by atoms with van der Waals surface area (Å²) in [5.41, 5.74) is 5.09. The van der Waals surface area contributed by atoms with Crippen molar-refractivity contribution >= 4 is 12.1 Å². The van der Waals surface area contributed by atoms with Crippen molar-refractivity contribution in [2.75, 3.05) is 0 Å². The fraction of sp³-hybridized carbons (Fsp3) is 0.150. The largest absolute Gasteiger partial charge is 0.489 e. The van der Waals surface area contributed by atoms with Gasteiger partial charge in [0.15, 0.2) is 0 Å². The molecule has 0 aliphatic rings. The maximum absolute atomic E-state index is 11.9. The number of rotatable bonds is 7. The maximum Gasteiger partial charge on any atom is 0.267 e. The van der Waals surface area contributed by atoms with Gasteiger partial charge in [0.1, 0.15) is 12.4 Å². The number of nitrogens with zero attached hydrogens (tertiary/aromatic N) is 1. The van der Waals surface area contributed by atoms with Gasteiger partial charge in [0.2, 0.25) is 5.91 Å². The lowest BCUT2D eigenvalue weighted by atomic mass is 10.2. The molecule has 0 atom stereocenters. The molecule has 0 bridgehead atoms. The molecule has 1 heterocycles. The van der Waals surface area contributed by atoms with Gasteiger partial charge in [-0.2, -0.15) is 5.10 Å². The van der Waals surface area contributed by atoms with Crippen LogP contribution in [0.25, 0.3) is 0 Å². The van der Waals surface area contributed by atoms with Crippen LogP contribution in [0.4, 0.5) is 0 Å². The molecule has 0 unspecified atom stereocenters. The monoisotopic (exact) mass is 364 g/mol. The van der Waals surface area contributed by atoms with Crippen LogP contribution in [0.15, 0.2) is 64.5 Å². The summed E-state index contributed by atoms with van der Waals surface area (Å²) in [6.45, 7) is 2.23. The first-order valence-corrected chi connectivity index (χ1v) is 8.46. The second-order valence-corrected chi connectivity index (χ2v) is 6.00. The number of amides is 1. The lowest BCUT2D eigenvalue weighted by Gasteiger charge is -2.06. The number of hydrogen-bond donors (Lipinski definition) is 3. The number of hydrogen-bond acceptors (Lipinski definition) is 4. The van der Waals surface area contributed by atoms with Gasteiger partial charge in [-0.05, 0) is 42.3 Å². The summed E-state index contributed by atoms with van der Waals surface area (Å²) in [5.74, 6) is 0.393. The molecular formula is C20H20N4O3. The molecule has 1 aromatic heterocycles. The Labute approximate surface area is 156 Å². The van der Waals surface area contributed by atoms with Gasteiger partial charge in [-0.1, -0.05) is 30.3 Å². The predicted molar refractivity (Wildman–Crippen MR) is 103 cm³/mol. The minimum absolute atomic E-state index is 0.0335. The highest BCUT2D eigenvalue weighted by molar-refractivity contribution is 5.83. The molecule has 3 rings (SSSR count). The van der Waals surface area contributed by atoms with Crippen molar-refractivity contribution in [1.82, 2.24) is 15.6 Å². The molecule has 0 saturated carbocycles. The normalized spacial score (nSPS) is 10.9. The third-order valence-electron chi connectivity index (χ3n) is 3.96. The van der Waals surface area contributed by atoms with Crippen molar-refractivity contribution < 1.29 is 9.53 Å². The first kappa shape index (κ1) is 18.2. The maximum atomic E-state index is 11.9. The Morgan fingerprint density at radius 3 is 2.52 bits per heavy atom. The zero-order chi connectivity index (χ0) is 19.1. The SMILES string of the molecule is Cc1[nH][nH]c(=O)c1CC(=O)NN=Cc1ccc(OCc2ccccc2)cc1. The van der Waals surface area contributed by atoms with Crippen LogP contribution in [0.1, 0.15) is 22.4 Å². The third-order valence-corrected chi connectivity index (χ3v) is 3.96. The van der Waals surface area contributed by atoms with Crippen LogP contribution in [-0.4, -0.2) is 22.3 Å². The summed E-state index contributed by atoms with van der Waals surface area (Å²) in [5, 5.41) is 9.04. The Hall–Kier alpha value is -3.61. The van der Waals surface area contributed by atoms with E-state index in [1.807, 2.05) is 54.6 Å². The van der Waals surface area contributed by atoms with Gasteiger partial charge in [-0.3, -0.25) is 14.7 Å². The Morgan fingerprint density at radius 1 is 1.11 bits per heavy atom. The Kier molecular flexibility index (Phi) is 5.84. The zero-order valence-corrected chi connectivity index (χ0v) is 14.9. The number of carbonyl (C=O) groups excluding carboxylic acids is 1. The van der Waals surface area contributed by atoms with Crippen molar-refractivity contribution in [3.8, 4) is 5.75 Å². The van der Waals surface area contributed by atoms with E-state index >= 15 is 0 Å². The molecule has 1 amide bonds. The zero-order valence-electron chi connectivity index (χ0n) is 14.9. The minimum Gasteiger partial charge on any atom is -0.489 e. The minimum atomic E-state index is -0.359. The second kappa shape index (κ2) is 8.66. The molecule has 27 heavy (non-hydrogen) atoms. The van der Waals surface area contributed by atoms with E-state index in [4.69, 9.17) is 4.74 Å². The predicted octanol–water partition coefficient (Wildman–Crippen LogP) is 2.28. The van der Waals surface area contributed by atoms with Crippen molar-refractivity contribution in [1.29, 1.82) is 0 Å². The van der Waals surface area contributed by atoms with Crippen LogP contribution >= 0.6 is 0 Å². The highest BCUT2D eigenvalue weighted by Gasteiger charge is 2.10. The highest BCUT2D eigenvalue weighted by Crippen LogP contribution is 2.13. The van der Waals surface area contributed by atoms with Crippen molar-refractivity contribution in [2.24, 2.45) is 5.10 Å². The molecule has 138 valence electrons. The molecule has 0 aliphatic heterocycles. The molecular weight excluding hydrogens is 344 g/mol. The van der Waals surface area contributed by atoms with Gasteiger partial charge in [0, 0.05) is 11.3 Å². The van der Waals surface area contributed by atoms with E-state index < -0.39 is 0 Å². The summed E-state index contributed by atoms with van der Waals surface area (Å²) in [6, 6.07) is 17.3. The smallest absolute Gasteiger partial charge is 0.267 e. The van der Waals surface area contributed by atoms with E-state index in [0.717, 1.165) is 16.9 Å². The third kappa shape index (κ3) is 5.18. The summed E-state index contributed by atoms with van der Waals surface area (Å²) in [4.78, 5) is 23.4. The van der Waals surface area contributed by atoms with E-state index in [1.165, 1.54) is 6.21 Å². The van der Waals surface area contributed by atoms with Gasteiger partial charge >= 0.3 is 0 Å². The summed E-state index contributed by atoms with van der Waals surface area (Å²) in [7, 11) is 0. The first-order valence-electron chi connectivity index (χ1n) is 8.46. The number of carbonyl (C=O) groups is 1. The quantitative estimate of drug-likeness (QED) is 0.443. The van der Waals surface area contributed by atoms with Crippen molar-refractivity contribution in [3.63, 3.8) is 0 Å². The lowest BCUT2D eigenvalue weighted by molar-refractivity contribution is -0.120. The molecule has 2 aromatic carbocycles. The summed E-state index contributed by atoms with van der Waals surface area (Å²) >= 11 is 0. The first-order chi connectivity index (χ1) is 13.1. The standard InChI is InChI=1S/C20H20N4O3/c1-14-18(20(26)24-22-14)11-19(25)23-21-12-15-7-9-17(10-8-15)27-13-16-5-3-2-4-6-16/h2-10,12H,11,13H2,1H3,(H,23,25)(H2,22,24,26). The average molecular weight is 364 g/mol. The van der Waals surface area contributed by atoms with E-state index in [0.29, 0.717) is 17.9 Å². The lowest BCUT2D eigenvalue weighted by Crippen LogP contribution is -2.23. The fourth-order valence-electron chi connectivity index (χ4n) is 2.45. The van der Waals surface area contributed by atoms with E-state index in [2.05, 4.69) is 20.7 Å². The Bertz CT molecular complexity index is 972. The van der Waals surface area contributed by atoms with E-state index in [-0.39, 0.29) is 17.9 Å². The van der Waals surface area contributed by atoms with Crippen LogP contribution in [-0.2, 0) is 17.8 Å². The molecule has 3 aromatic rings. The number of nitrogens with one attached hydrogen (secondary N) is 3. The van der Waals surface area contributed by atoms with Gasteiger partial charge in [-0.25, -0.2) is 5.43 Å². The summed E-state index contributed by atoms with van der Waals surface area (Å²) < 4.78 is 5.72. The van der Waals surface area contributed by atoms with E-state index in [9.17, 15) is 9.59 Å². The van der Waals surface area contributed by atoms with Crippen molar-refractivity contribution in [2.45, 2.75) is 20.0 Å². The topological polar surface area (TPSA) is 99.3 Å². The molecule has 7 heteroatoms. The fourth-order valence-corrected chi connectivity index (χ4v) is 2.45. The number of aromatic amines is 2. The number of H-pyrrole nitrogens is 2. The Morgan fingerprint density at radius 2 is 1.85 bits per heavy atom. The number of aromatic nitrogens is 2. The van der Waals surface area contributed by atoms with E-state index in [1.54, 1.807) is 6.92 Å². The molecule has 7 nitrogen and oxygen atoms in total. The highest BCUT2D eigenvalue weighted by atomic mass is 16.5. The second-order valence-electron chi connectivity index (χ2n) is 6.00. The van der Waals surface area contributed by atoms with Crippen LogP contribution in [0, 0.1) is 6.92 Å². The number of hydrazone groups is 1. The van der Waals surface area contributed by atoms with Crippen LogP contribution in [0.5, 0.6) is 5.75 Å². The molecule has 0 aliphatic carbocycles. The molecule has 3 N–H and O–H groups in total. The van der Waals surface area contributed by atoms with Crippen LogP contribution < -0.4 is 15.7 Å². The van der Waals surface area contributed by atoms with Crippen molar-refractivity contribution in [3.05, 3.63) is 87.3 Å². The molecule has 0 saturated heterocycles. The van der Waals surface area contributed by atoms with Crippen LogP contribution in [0.2, 0.25) is 0 Å². The van der Waals surface area contributed by atoms with Gasteiger partial charge in [-0.15, -0.1) is 0 Å². The Balaban J connectivity index is 1.49. The van der Waals surface area contributed by atoms with Crippen LogP contribution in [0.3, 0.4) is 0 Å². The number of benzene rings is 2. The van der Waals surface area contributed by atoms with Gasteiger partial charge in [0.25, 0.3) is 5.56 Å². The molecule has 0 fully saturated rings. The van der Waals surface area contributed by atoms with Gasteiger partial charge < -0.3 is 9.84 Å². The number of ether oxygens (including phenoxy) is 1. The average Bonchev–Trinajstić information content (AvgIpc) is 3.00. The number of aryl methyl sites for hydroxylation is 1. The summed E-state index contributed by atoms with van der Waals surface area (Å²) in [6.07, 6.45) is 1.50.